The number of aliphatic carboxylic acids is 1. The summed E-state index contributed by atoms with van der Waals surface area (Å²) in [5.41, 5.74) is 3.84. The van der Waals surface area contributed by atoms with Gasteiger partial charge in [0.25, 0.3) is 0 Å². The first-order valence-electron chi connectivity index (χ1n) is 8.86. The third kappa shape index (κ3) is 4.27. The van der Waals surface area contributed by atoms with Gasteiger partial charge in [-0.15, -0.1) is 0 Å². The SMILES string of the molecule is Cc1cccc([C@@H](c2ccccc2)N2CCN(CC(=O)O)C(C)C2)c1. The summed E-state index contributed by atoms with van der Waals surface area (Å²) in [4.78, 5) is 15.6. The summed E-state index contributed by atoms with van der Waals surface area (Å²) < 4.78 is 0. The van der Waals surface area contributed by atoms with Gasteiger partial charge in [-0.1, -0.05) is 60.2 Å². The van der Waals surface area contributed by atoms with Gasteiger partial charge in [-0.25, -0.2) is 0 Å². The van der Waals surface area contributed by atoms with Gasteiger partial charge in [-0.3, -0.25) is 14.6 Å². The lowest BCUT2D eigenvalue weighted by atomic mass is 9.94. The molecule has 1 heterocycles. The van der Waals surface area contributed by atoms with E-state index < -0.39 is 5.97 Å². The molecule has 4 nitrogen and oxygen atoms in total. The van der Waals surface area contributed by atoms with Crippen LogP contribution in [0.25, 0.3) is 0 Å². The van der Waals surface area contributed by atoms with Crippen LogP contribution < -0.4 is 0 Å². The topological polar surface area (TPSA) is 43.8 Å². The predicted octanol–water partition coefficient (Wildman–Crippen LogP) is 3.18. The van der Waals surface area contributed by atoms with Crippen molar-refractivity contribution in [3.8, 4) is 0 Å². The average molecular weight is 338 g/mol. The van der Waals surface area contributed by atoms with Crippen molar-refractivity contribution >= 4 is 5.97 Å². The van der Waals surface area contributed by atoms with Crippen molar-refractivity contribution in [2.24, 2.45) is 0 Å². The number of nitrogens with zero attached hydrogens (tertiary/aromatic N) is 2. The van der Waals surface area contributed by atoms with Crippen molar-refractivity contribution in [1.82, 2.24) is 9.80 Å². The van der Waals surface area contributed by atoms with Crippen LogP contribution in [0.15, 0.2) is 54.6 Å². The number of carboxylic acids is 1. The molecule has 4 heteroatoms. The zero-order valence-corrected chi connectivity index (χ0v) is 14.9. The molecule has 1 aliphatic rings. The minimum Gasteiger partial charge on any atom is -0.480 e. The number of aryl methyl sites for hydroxylation is 1. The minimum absolute atomic E-state index is 0.120. The number of carboxylic acid groups (broad SMARTS) is 1. The molecule has 1 aliphatic heterocycles. The number of hydrogen-bond donors (Lipinski definition) is 1. The van der Waals surface area contributed by atoms with Gasteiger partial charge < -0.3 is 5.11 Å². The smallest absolute Gasteiger partial charge is 0.317 e. The second kappa shape index (κ2) is 7.81. The molecule has 2 aromatic rings. The average Bonchev–Trinajstić information content (AvgIpc) is 2.58. The molecule has 3 rings (SSSR count). The Morgan fingerprint density at radius 2 is 1.84 bits per heavy atom. The Hall–Kier alpha value is -2.17. The molecule has 25 heavy (non-hydrogen) atoms. The zero-order valence-electron chi connectivity index (χ0n) is 14.9. The Balaban J connectivity index is 1.87. The molecular formula is C21H26N2O2. The second-order valence-corrected chi connectivity index (χ2v) is 6.94. The molecular weight excluding hydrogens is 312 g/mol. The van der Waals surface area contributed by atoms with Gasteiger partial charge >= 0.3 is 5.97 Å². The van der Waals surface area contributed by atoms with Crippen molar-refractivity contribution in [3.05, 3.63) is 71.3 Å². The van der Waals surface area contributed by atoms with Gasteiger partial charge in [0, 0.05) is 25.7 Å². The first kappa shape index (κ1) is 17.6. The molecule has 2 atom stereocenters. The van der Waals surface area contributed by atoms with E-state index in [4.69, 9.17) is 5.11 Å². The number of hydrogen-bond acceptors (Lipinski definition) is 3. The Morgan fingerprint density at radius 1 is 1.12 bits per heavy atom. The summed E-state index contributed by atoms with van der Waals surface area (Å²) in [6.07, 6.45) is 0. The number of piperazine rings is 1. The quantitative estimate of drug-likeness (QED) is 0.909. The van der Waals surface area contributed by atoms with Crippen LogP contribution in [0.5, 0.6) is 0 Å². The van der Waals surface area contributed by atoms with E-state index in [2.05, 4.69) is 72.2 Å². The first-order chi connectivity index (χ1) is 12.0. The van der Waals surface area contributed by atoms with Gasteiger partial charge in [-0.05, 0) is 25.0 Å². The maximum absolute atomic E-state index is 11.1. The second-order valence-electron chi connectivity index (χ2n) is 6.94. The summed E-state index contributed by atoms with van der Waals surface area (Å²) in [5.74, 6) is -0.751. The highest BCUT2D eigenvalue weighted by atomic mass is 16.4. The van der Waals surface area contributed by atoms with E-state index in [1.807, 2.05) is 6.07 Å². The molecule has 1 N–H and O–H groups in total. The van der Waals surface area contributed by atoms with Crippen LogP contribution in [-0.2, 0) is 4.79 Å². The molecule has 0 saturated carbocycles. The Bertz CT molecular complexity index is 717. The fourth-order valence-electron chi connectivity index (χ4n) is 3.76. The normalized spacial score (nSPS) is 20.3. The molecule has 0 aromatic heterocycles. The first-order valence-corrected chi connectivity index (χ1v) is 8.86. The molecule has 0 radical (unpaired) electrons. The molecule has 2 aromatic carbocycles. The fourth-order valence-corrected chi connectivity index (χ4v) is 3.76. The van der Waals surface area contributed by atoms with Crippen molar-refractivity contribution in [2.75, 3.05) is 26.2 Å². The summed E-state index contributed by atoms with van der Waals surface area (Å²) in [7, 11) is 0. The Morgan fingerprint density at radius 3 is 2.48 bits per heavy atom. The van der Waals surface area contributed by atoms with Crippen LogP contribution in [0.3, 0.4) is 0 Å². The molecule has 0 bridgehead atoms. The summed E-state index contributed by atoms with van der Waals surface area (Å²) >= 11 is 0. The predicted molar refractivity (Wildman–Crippen MR) is 99.7 cm³/mol. The van der Waals surface area contributed by atoms with E-state index in [0.29, 0.717) is 0 Å². The number of rotatable bonds is 5. The monoisotopic (exact) mass is 338 g/mol. The molecule has 0 amide bonds. The van der Waals surface area contributed by atoms with Gasteiger partial charge in [0.15, 0.2) is 0 Å². The van der Waals surface area contributed by atoms with Gasteiger partial charge in [0.2, 0.25) is 0 Å². The van der Waals surface area contributed by atoms with Crippen LogP contribution >= 0.6 is 0 Å². The van der Waals surface area contributed by atoms with Crippen molar-refractivity contribution < 1.29 is 9.90 Å². The van der Waals surface area contributed by atoms with Crippen LogP contribution in [0.2, 0.25) is 0 Å². The number of carbonyl (C=O) groups is 1. The third-order valence-corrected chi connectivity index (χ3v) is 4.97. The largest absolute Gasteiger partial charge is 0.480 e. The Kier molecular flexibility index (Phi) is 5.51. The van der Waals surface area contributed by atoms with Crippen molar-refractivity contribution in [2.45, 2.75) is 25.9 Å². The van der Waals surface area contributed by atoms with E-state index >= 15 is 0 Å². The number of benzene rings is 2. The van der Waals surface area contributed by atoms with Gasteiger partial charge in [0.05, 0.1) is 12.6 Å². The highest BCUT2D eigenvalue weighted by molar-refractivity contribution is 5.69. The highest BCUT2D eigenvalue weighted by Crippen LogP contribution is 2.31. The van der Waals surface area contributed by atoms with E-state index in [1.54, 1.807) is 0 Å². The van der Waals surface area contributed by atoms with Crippen LogP contribution in [-0.4, -0.2) is 53.1 Å². The van der Waals surface area contributed by atoms with Crippen LogP contribution in [0.1, 0.15) is 29.7 Å². The summed E-state index contributed by atoms with van der Waals surface area (Å²) in [6.45, 7) is 6.87. The maximum Gasteiger partial charge on any atom is 0.317 e. The molecule has 0 spiro atoms. The van der Waals surface area contributed by atoms with Crippen molar-refractivity contribution in [1.29, 1.82) is 0 Å². The fraction of sp³-hybridized carbons (Fsp3) is 0.381. The maximum atomic E-state index is 11.1. The summed E-state index contributed by atoms with van der Waals surface area (Å²) in [5, 5.41) is 9.09. The lowest BCUT2D eigenvalue weighted by Gasteiger charge is -2.43. The Labute approximate surface area is 149 Å². The molecule has 1 saturated heterocycles. The third-order valence-electron chi connectivity index (χ3n) is 4.97. The van der Waals surface area contributed by atoms with E-state index in [0.717, 1.165) is 19.6 Å². The lowest BCUT2D eigenvalue weighted by Crippen LogP contribution is -2.54. The highest BCUT2D eigenvalue weighted by Gasteiger charge is 2.30. The minimum atomic E-state index is -0.751. The van der Waals surface area contributed by atoms with Crippen LogP contribution in [0.4, 0.5) is 0 Å². The van der Waals surface area contributed by atoms with Crippen LogP contribution in [0, 0.1) is 6.92 Å². The summed E-state index contributed by atoms with van der Waals surface area (Å²) in [6, 6.07) is 19.7. The van der Waals surface area contributed by atoms with E-state index in [9.17, 15) is 4.79 Å². The van der Waals surface area contributed by atoms with E-state index in [1.165, 1.54) is 16.7 Å². The van der Waals surface area contributed by atoms with E-state index in [-0.39, 0.29) is 18.6 Å². The lowest BCUT2D eigenvalue weighted by molar-refractivity contribution is -0.139. The molecule has 132 valence electrons. The van der Waals surface area contributed by atoms with Gasteiger partial charge in [-0.2, -0.15) is 0 Å². The van der Waals surface area contributed by atoms with Crippen molar-refractivity contribution in [3.63, 3.8) is 0 Å². The molecule has 1 fully saturated rings. The standard InChI is InChI=1S/C21H26N2O2/c1-16-7-6-10-19(13-16)21(18-8-4-3-5-9-18)23-12-11-22(15-20(24)25)17(2)14-23/h3-10,13,17,21H,11-12,14-15H2,1-2H3,(H,24,25)/t17?,21-/m1/s1. The molecule has 0 aliphatic carbocycles. The zero-order chi connectivity index (χ0) is 17.8. The van der Waals surface area contributed by atoms with Gasteiger partial charge in [0.1, 0.15) is 0 Å². The molecule has 1 unspecified atom stereocenters.